The van der Waals surface area contributed by atoms with Crippen LogP contribution in [-0.2, 0) is 9.59 Å². The first-order valence-corrected chi connectivity index (χ1v) is 5.70. The summed E-state index contributed by atoms with van der Waals surface area (Å²) in [5.41, 5.74) is 0.135. The van der Waals surface area contributed by atoms with Crippen LogP contribution in [0.5, 0.6) is 0 Å². The summed E-state index contributed by atoms with van der Waals surface area (Å²) in [5.74, 6) is -0.835. The van der Waals surface area contributed by atoms with E-state index in [9.17, 15) is 9.59 Å². The number of hydrogen-bond donors (Lipinski definition) is 2. The Bertz CT molecular complexity index is 350. The van der Waals surface area contributed by atoms with E-state index in [0.717, 1.165) is 25.9 Å². The number of carbonyl (C=O) groups excluding carboxylic acids is 2. The first kappa shape index (κ1) is 11.1. The summed E-state index contributed by atoms with van der Waals surface area (Å²) in [7, 11) is 0. The Morgan fingerprint density at radius 2 is 1.62 bits per heavy atom. The van der Waals surface area contributed by atoms with E-state index < -0.39 is 11.8 Å². The average molecular weight is 239 g/mol. The van der Waals surface area contributed by atoms with Crippen LogP contribution in [0.2, 0.25) is 0 Å². The van der Waals surface area contributed by atoms with Crippen molar-refractivity contribution in [2.24, 2.45) is 0 Å². The first-order chi connectivity index (χ1) is 7.66. The van der Waals surface area contributed by atoms with Gasteiger partial charge >= 0.3 is 0 Å². The maximum atomic E-state index is 11.5. The highest BCUT2D eigenvalue weighted by atomic mass is 32.1. The number of nitrogens with one attached hydrogen (secondary N) is 2. The van der Waals surface area contributed by atoms with Crippen molar-refractivity contribution < 1.29 is 9.59 Å². The molecule has 2 fully saturated rings. The molecule has 2 amide bonds. The van der Waals surface area contributed by atoms with Gasteiger partial charge in [0, 0.05) is 19.3 Å². The van der Waals surface area contributed by atoms with Crippen molar-refractivity contribution in [3.63, 3.8) is 0 Å². The van der Waals surface area contributed by atoms with E-state index in [2.05, 4.69) is 10.6 Å². The van der Waals surface area contributed by atoms with Crippen molar-refractivity contribution in [2.45, 2.75) is 19.3 Å². The summed E-state index contributed by atoms with van der Waals surface area (Å²) in [4.78, 5) is 25.1. The maximum Gasteiger partial charge on any atom is 0.264 e. The number of thiocarbonyl (C=S) groups is 1. The molecule has 2 saturated heterocycles. The predicted molar refractivity (Wildman–Crippen MR) is 62.4 cm³/mol. The minimum Gasteiger partial charge on any atom is -0.377 e. The van der Waals surface area contributed by atoms with Crippen molar-refractivity contribution in [3.8, 4) is 0 Å². The highest BCUT2D eigenvalue weighted by molar-refractivity contribution is 7.80. The molecule has 0 atom stereocenters. The zero-order valence-corrected chi connectivity index (χ0v) is 9.60. The minimum absolute atomic E-state index is 0.0748. The molecule has 0 saturated carbocycles. The van der Waals surface area contributed by atoms with Crippen LogP contribution in [0.15, 0.2) is 11.8 Å². The van der Waals surface area contributed by atoms with E-state index in [4.69, 9.17) is 12.2 Å². The lowest BCUT2D eigenvalue weighted by Crippen LogP contribution is -2.51. The summed E-state index contributed by atoms with van der Waals surface area (Å²) in [6.07, 6.45) is 5.05. The summed E-state index contributed by atoms with van der Waals surface area (Å²) in [5, 5.41) is 4.90. The Morgan fingerprint density at radius 1 is 1.06 bits per heavy atom. The van der Waals surface area contributed by atoms with Gasteiger partial charge in [-0.15, -0.1) is 0 Å². The van der Waals surface area contributed by atoms with Crippen molar-refractivity contribution in [1.82, 2.24) is 15.5 Å². The molecule has 0 spiro atoms. The Morgan fingerprint density at radius 3 is 2.19 bits per heavy atom. The molecular formula is C10H13N3O2S. The molecule has 2 aliphatic heterocycles. The molecule has 0 aromatic heterocycles. The molecule has 2 rings (SSSR count). The lowest BCUT2D eigenvalue weighted by molar-refractivity contribution is -0.123. The smallest absolute Gasteiger partial charge is 0.264 e. The Hall–Kier alpha value is -1.43. The van der Waals surface area contributed by atoms with Crippen LogP contribution >= 0.6 is 12.2 Å². The van der Waals surface area contributed by atoms with Gasteiger partial charge in [0.2, 0.25) is 0 Å². The van der Waals surface area contributed by atoms with Crippen molar-refractivity contribution in [1.29, 1.82) is 0 Å². The third-order valence-electron chi connectivity index (χ3n) is 2.65. The van der Waals surface area contributed by atoms with Crippen molar-refractivity contribution >= 4 is 29.1 Å². The van der Waals surface area contributed by atoms with Crippen molar-refractivity contribution in [2.75, 3.05) is 13.1 Å². The monoisotopic (exact) mass is 239 g/mol. The maximum absolute atomic E-state index is 11.5. The van der Waals surface area contributed by atoms with Crippen LogP contribution in [0.1, 0.15) is 19.3 Å². The quantitative estimate of drug-likeness (QED) is 0.381. The molecule has 0 unspecified atom stereocenters. The van der Waals surface area contributed by atoms with E-state index in [0.29, 0.717) is 0 Å². The number of carbonyl (C=O) groups is 2. The number of amides is 2. The van der Waals surface area contributed by atoms with Crippen LogP contribution in [0, 0.1) is 0 Å². The second-order valence-corrected chi connectivity index (χ2v) is 4.29. The fourth-order valence-corrected chi connectivity index (χ4v) is 2.01. The summed E-state index contributed by atoms with van der Waals surface area (Å²) < 4.78 is 0. The van der Waals surface area contributed by atoms with Gasteiger partial charge in [-0.1, -0.05) is 0 Å². The van der Waals surface area contributed by atoms with Gasteiger partial charge in [-0.2, -0.15) is 0 Å². The molecule has 16 heavy (non-hydrogen) atoms. The third kappa shape index (κ3) is 2.38. The third-order valence-corrected chi connectivity index (χ3v) is 2.85. The Labute approximate surface area is 98.9 Å². The van der Waals surface area contributed by atoms with E-state index in [1.165, 1.54) is 6.42 Å². The largest absolute Gasteiger partial charge is 0.377 e. The second-order valence-electron chi connectivity index (χ2n) is 3.88. The molecule has 2 N–H and O–H groups in total. The van der Waals surface area contributed by atoms with Crippen LogP contribution in [0.25, 0.3) is 0 Å². The highest BCUT2D eigenvalue weighted by Crippen LogP contribution is 2.11. The number of piperidine rings is 1. The van der Waals surface area contributed by atoms with Gasteiger partial charge < -0.3 is 4.90 Å². The van der Waals surface area contributed by atoms with Gasteiger partial charge in [0.05, 0.1) is 0 Å². The Kier molecular flexibility index (Phi) is 3.19. The molecule has 6 heteroatoms. The number of nitrogens with zero attached hydrogens (tertiary/aromatic N) is 1. The topological polar surface area (TPSA) is 61.4 Å². The van der Waals surface area contributed by atoms with E-state index in [1.807, 2.05) is 4.90 Å². The molecule has 5 nitrogen and oxygen atoms in total. The molecule has 0 radical (unpaired) electrons. The fourth-order valence-electron chi connectivity index (χ4n) is 1.82. The van der Waals surface area contributed by atoms with Gasteiger partial charge in [0.1, 0.15) is 5.57 Å². The van der Waals surface area contributed by atoms with Gasteiger partial charge in [0.25, 0.3) is 11.8 Å². The molecular weight excluding hydrogens is 226 g/mol. The van der Waals surface area contributed by atoms with E-state index in [-0.39, 0.29) is 10.7 Å². The standard InChI is InChI=1S/C10H13N3O2S/c14-8-7(9(15)12-10(16)11-8)6-13-4-2-1-3-5-13/h6H,1-5H2,(H2,11,12,14,15,16). The van der Waals surface area contributed by atoms with Crippen LogP contribution < -0.4 is 10.6 Å². The number of likely N-dealkylation sites (tertiary alicyclic amines) is 1. The molecule has 0 bridgehead atoms. The summed E-state index contributed by atoms with van der Waals surface area (Å²) >= 11 is 4.71. The molecule has 0 aromatic rings. The average Bonchev–Trinajstić information content (AvgIpc) is 2.25. The molecule has 2 heterocycles. The number of hydrogen-bond acceptors (Lipinski definition) is 4. The minimum atomic E-state index is -0.417. The second kappa shape index (κ2) is 4.61. The normalized spacial score (nSPS) is 21.6. The van der Waals surface area contributed by atoms with Crippen LogP contribution in [0.3, 0.4) is 0 Å². The van der Waals surface area contributed by atoms with E-state index >= 15 is 0 Å². The zero-order chi connectivity index (χ0) is 11.5. The predicted octanol–water partition coefficient (Wildman–Crippen LogP) is -0.113. The van der Waals surface area contributed by atoms with E-state index in [1.54, 1.807) is 6.20 Å². The van der Waals surface area contributed by atoms with Gasteiger partial charge in [-0.25, -0.2) is 0 Å². The van der Waals surface area contributed by atoms with Gasteiger partial charge in [0.15, 0.2) is 5.11 Å². The van der Waals surface area contributed by atoms with Crippen LogP contribution in [0.4, 0.5) is 0 Å². The molecule has 0 aromatic carbocycles. The summed E-state index contributed by atoms with van der Waals surface area (Å²) in [6, 6.07) is 0. The highest BCUT2D eigenvalue weighted by Gasteiger charge is 2.26. The Balaban J connectivity index is 2.11. The lowest BCUT2D eigenvalue weighted by atomic mass is 10.1. The SMILES string of the molecule is O=C1NC(=S)NC(=O)C1=CN1CCCCC1. The molecule has 0 aliphatic carbocycles. The summed E-state index contributed by atoms with van der Waals surface area (Å²) in [6.45, 7) is 1.79. The van der Waals surface area contributed by atoms with Crippen molar-refractivity contribution in [3.05, 3.63) is 11.8 Å². The fraction of sp³-hybridized carbons (Fsp3) is 0.500. The number of rotatable bonds is 1. The van der Waals surface area contributed by atoms with Crippen LogP contribution in [-0.4, -0.2) is 34.9 Å². The molecule has 86 valence electrons. The lowest BCUT2D eigenvalue weighted by Gasteiger charge is -2.26. The van der Waals surface area contributed by atoms with Gasteiger partial charge in [-0.3, -0.25) is 20.2 Å². The zero-order valence-electron chi connectivity index (χ0n) is 8.78. The first-order valence-electron chi connectivity index (χ1n) is 5.29. The van der Waals surface area contributed by atoms with Gasteiger partial charge in [-0.05, 0) is 31.5 Å². The molecule has 2 aliphatic rings.